The van der Waals surface area contributed by atoms with E-state index in [-0.39, 0.29) is 12.5 Å². The lowest BCUT2D eigenvalue weighted by Gasteiger charge is -2.25. The molecule has 160 valence electrons. The van der Waals surface area contributed by atoms with E-state index in [1.165, 1.54) is 23.2 Å². The molecule has 2 aromatic rings. The molecule has 0 bridgehead atoms. The van der Waals surface area contributed by atoms with Gasteiger partial charge in [-0.1, -0.05) is 30.3 Å². The number of benzene rings is 2. The summed E-state index contributed by atoms with van der Waals surface area (Å²) in [5.41, 5.74) is 4.01. The van der Waals surface area contributed by atoms with Crippen LogP contribution in [0.4, 0.5) is 5.69 Å². The van der Waals surface area contributed by atoms with Crippen molar-refractivity contribution >= 4 is 11.6 Å². The predicted octanol–water partition coefficient (Wildman–Crippen LogP) is 3.71. The predicted molar refractivity (Wildman–Crippen MR) is 121 cm³/mol. The maximum absolute atomic E-state index is 12.1. The van der Waals surface area contributed by atoms with Crippen LogP contribution in [0, 0.1) is 6.92 Å². The van der Waals surface area contributed by atoms with Crippen LogP contribution in [0.5, 0.6) is 5.75 Å². The van der Waals surface area contributed by atoms with Gasteiger partial charge < -0.3 is 14.5 Å². The minimum absolute atomic E-state index is 0.0966. The minimum atomic E-state index is 0.0966. The fourth-order valence-corrected chi connectivity index (χ4v) is 4.44. The van der Waals surface area contributed by atoms with Crippen LogP contribution in [0.25, 0.3) is 0 Å². The van der Waals surface area contributed by atoms with Crippen molar-refractivity contribution in [2.45, 2.75) is 32.7 Å². The Morgan fingerprint density at radius 1 is 0.867 bits per heavy atom. The molecule has 2 aliphatic rings. The number of rotatable bonds is 6. The van der Waals surface area contributed by atoms with Crippen LogP contribution in [-0.4, -0.2) is 61.6 Å². The summed E-state index contributed by atoms with van der Waals surface area (Å²) in [4.78, 5) is 19.1. The van der Waals surface area contributed by atoms with Gasteiger partial charge in [-0.2, -0.15) is 0 Å². The highest BCUT2D eigenvalue weighted by atomic mass is 16.5. The lowest BCUT2D eigenvalue weighted by molar-refractivity contribution is -0.132. The average Bonchev–Trinajstić information content (AvgIpc) is 3.21. The number of aryl methyl sites for hydroxylation is 1. The van der Waals surface area contributed by atoms with Gasteiger partial charge in [-0.25, -0.2) is 0 Å². The van der Waals surface area contributed by atoms with Crippen LogP contribution in [0.3, 0.4) is 0 Å². The molecule has 0 spiro atoms. The standard InChI is InChI=1S/C25H33N3O2/c1-21-7-2-3-8-24(21)27-16-6-13-26(17-18-27)19-22-9-11-23(12-10-22)30-20-25(29)28-14-4-5-15-28/h2-3,7-12H,4-6,13-20H2,1H3. The summed E-state index contributed by atoms with van der Waals surface area (Å²) in [7, 11) is 0. The molecule has 2 aliphatic heterocycles. The van der Waals surface area contributed by atoms with Gasteiger partial charge >= 0.3 is 0 Å². The second-order valence-electron chi connectivity index (χ2n) is 8.42. The van der Waals surface area contributed by atoms with E-state index in [4.69, 9.17) is 4.74 Å². The highest BCUT2D eigenvalue weighted by molar-refractivity contribution is 5.78. The summed E-state index contributed by atoms with van der Waals surface area (Å²) in [5.74, 6) is 0.868. The number of anilines is 1. The third kappa shape index (κ3) is 5.33. The topological polar surface area (TPSA) is 36.0 Å². The van der Waals surface area contributed by atoms with Crippen molar-refractivity contribution in [2.75, 3.05) is 50.8 Å². The van der Waals surface area contributed by atoms with Gasteiger partial charge in [0.05, 0.1) is 0 Å². The molecule has 0 unspecified atom stereocenters. The van der Waals surface area contributed by atoms with E-state index in [2.05, 4.69) is 53.1 Å². The van der Waals surface area contributed by atoms with Gasteiger partial charge in [0.2, 0.25) is 0 Å². The molecule has 0 aromatic heterocycles. The van der Waals surface area contributed by atoms with Crippen molar-refractivity contribution in [1.29, 1.82) is 0 Å². The van der Waals surface area contributed by atoms with Crippen molar-refractivity contribution in [3.63, 3.8) is 0 Å². The smallest absolute Gasteiger partial charge is 0.260 e. The Kier molecular flexibility index (Phi) is 6.90. The van der Waals surface area contributed by atoms with E-state index in [1.54, 1.807) is 0 Å². The molecular weight excluding hydrogens is 374 g/mol. The highest BCUT2D eigenvalue weighted by Crippen LogP contribution is 2.22. The van der Waals surface area contributed by atoms with Crippen LogP contribution < -0.4 is 9.64 Å². The van der Waals surface area contributed by atoms with Crippen LogP contribution in [0.2, 0.25) is 0 Å². The Hall–Kier alpha value is -2.53. The summed E-state index contributed by atoms with van der Waals surface area (Å²) < 4.78 is 5.71. The van der Waals surface area contributed by atoms with Crippen molar-refractivity contribution in [3.8, 4) is 5.75 Å². The lowest BCUT2D eigenvalue weighted by atomic mass is 10.2. The van der Waals surface area contributed by atoms with Crippen molar-refractivity contribution in [1.82, 2.24) is 9.80 Å². The molecule has 4 rings (SSSR count). The van der Waals surface area contributed by atoms with Gasteiger partial charge in [-0.3, -0.25) is 9.69 Å². The first-order chi connectivity index (χ1) is 14.7. The third-order valence-corrected chi connectivity index (χ3v) is 6.20. The Bertz CT molecular complexity index is 831. The Balaban J connectivity index is 1.26. The number of carbonyl (C=O) groups excluding carboxylic acids is 1. The molecule has 2 aromatic carbocycles. The van der Waals surface area contributed by atoms with Crippen molar-refractivity contribution in [2.24, 2.45) is 0 Å². The molecular formula is C25H33N3O2. The lowest BCUT2D eigenvalue weighted by Crippen LogP contribution is -2.32. The van der Waals surface area contributed by atoms with Crippen LogP contribution in [0.15, 0.2) is 48.5 Å². The van der Waals surface area contributed by atoms with E-state index in [1.807, 2.05) is 17.0 Å². The van der Waals surface area contributed by atoms with Crippen LogP contribution in [-0.2, 0) is 11.3 Å². The summed E-state index contributed by atoms with van der Waals surface area (Å²) >= 11 is 0. The van der Waals surface area contributed by atoms with Crippen LogP contribution in [0.1, 0.15) is 30.4 Å². The van der Waals surface area contributed by atoms with Gasteiger partial charge in [0.25, 0.3) is 5.91 Å². The fourth-order valence-electron chi connectivity index (χ4n) is 4.44. The number of hydrogen-bond donors (Lipinski definition) is 0. The molecule has 0 radical (unpaired) electrons. The molecule has 0 aliphatic carbocycles. The Morgan fingerprint density at radius 3 is 2.40 bits per heavy atom. The van der Waals surface area contributed by atoms with E-state index in [0.29, 0.717) is 0 Å². The average molecular weight is 408 g/mol. The molecule has 5 heteroatoms. The first kappa shape index (κ1) is 20.7. The van der Waals surface area contributed by atoms with Crippen molar-refractivity contribution < 1.29 is 9.53 Å². The molecule has 5 nitrogen and oxygen atoms in total. The molecule has 30 heavy (non-hydrogen) atoms. The minimum Gasteiger partial charge on any atom is -0.484 e. The molecule has 2 fully saturated rings. The number of nitrogens with zero attached hydrogens (tertiary/aromatic N) is 3. The van der Waals surface area contributed by atoms with Crippen molar-refractivity contribution in [3.05, 3.63) is 59.7 Å². The quantitative estimate of drug-likeness (QED) is 0.731. The van der Waals surface area contributed by atoms with Gasteiger partial charge in [-0.05, 0) is 55.5 Å². The first-order valence-corrected chi connectivity index (χ1v) is 11.2. The normalized spacial score (nSPS) is 17.8. The summed E-state index contributed by atoms with van der Waals surface area (Å²) in [6, 6.07) is 16.9. The fraction of sp³-hybridized carbons (Fsp3) is 0.480. The maximum atomic E-state index is 12.1. The SMILES string of the molecule is Cc1ccccc1N1CCCN(Cc2ccc(OCC(=O)N3CCCC3)cc2)CC1. The zero-order chi connectivity index (χ0) is 20.8. The van der Waals surface area contributed by atoms with E-state index < -0.39 is 0 Å². The molecule has 2 saturated heterocycles. The van der Waals surface area contributed by atoms with Crippen LogP contribution >= 0.6 is 0 Å². The number of carbonyl (C=O) groups is 1. The summed E-state index contributed by atoms with van der Waals surface area (Å²) in [6.07, 6.45) is 3.40. The summed E-state index contributed by atoms with van der Waals surface area (Å²) in [6.45, 7) is 9.39. The number of hydrogen-bond acceptors (Lipinski definition) is 4. The van der Waals surface area contributed by atoms with E-state index in [0.717, 1.165) is 64.4 Å². The number of likely N-dealkylation sites (tertiary alicyclic amines) is 1. The molecule has 0 atom stereocenters. The second-order valence-corrected chi connectivity index (χ2v) is 8.42. The highest BCUT2D eigenvalue weighted by Gasteiger charge is 2.18. The number of para-hydroxylation sites is 1. The van der Waals surface area contributed by atoms with Gasteiger partial charge in [0, 0.05) is 51.5 Å². The zero-order valence-corrected chi connectivity index (χ0v) is 18.1. The van der Waals surface area contributed by atoms with Gasteiger partial charge in [0.1, 0.15) is 5.75 Å². The molecule has 2 heterocycles. The van der Waals surface area contributed by atoms with E-state index in [9.17, 15) is 4.79 Å². The molecule has 1 amide bonds. The molecule has 0 N–H and O–H groups in total. The maximum Gasteiger partial charge on any atom is 0.260 e. The third-order valence-electron chi connectivity index (χ3n) is 6.20. The van der Waals surface area contributed by atoms with Gasteiger partial charge in [0.15, 0.2) is 6.61 Å². The monoisotopic (exact) mass is 407 g/mol. The largest absolute Gasteiger partial charge is 0.484 e. The number of amides is 1. The first-order valence-electron chi connectivity index (χ1n) is 11.2. The second kappa shape index (κ2) is 9.98. The number of ether oxygens (including phenoxy) is 1. The Labute approximate surface area is 180 Å². The molecule has 0 saturated carbocycles. The van der Waals surface area contributed by atoms with E-state index >= 15 is 0 Å². The zero-order valence-electron chi connectivity index (χ0n) is 18.1. The van der Waals surface area contributed by atoms with Gasteiger partial charge in [-0.15, -0.1) is 0 Å². The summed E-state index contributed by atoms with van der Waals surface area (Å²) in [5, 5.41) is 0. The Morgan fingerprint density at radius 2 is 1.63 bits per heavy atom.